The molecule has 4 heteroatoms. The summed E-state index contributed by atoms with van der Waals surface area (Å²) in [6.45, 7) is 6.06. The van der Waals surface area contributed by atoms with Gasteiger partial charge in [-0.25, -0.2) is 0 Å². The Hall–Kier alpha value is -1.06. The lowest BCUT2D eigenvalue weighted by Crippen LogP contribution is -2.29. The van der Waals surface area contributed by atoms with Crippen LogP contribution in [0.3, 0.4) is 0 Å². The first-order chi connectivity index (χ1) is 6.31. The summed E-state index contributed by atoms with van der Waals surface area (Å²) in [4.78, 5) is 21.2. The number of hydrogen-bond acceptors (Lipinski definition) is 2. The van der Waals surface area contributed by atoms with Gasteiger partial charge in [0.2, 0.25) is 5.91 Å². The molecule has 0 rings (SSSR count). The van der Waals surface area contributed by atoms with Crippen LogP contribution in [0.5, 0.6) is 0 Å². The highest BCUT2D eigenvalue weighted by atomic mass is 16.4. The Bertz CT molecular complexity index is 206. The number of carbonyl (C=O) groups excluding carboxylic acids is 1. The topological polar surface area (TPSA) is 66.4 Å². The second-order valence-electron chi connectivity index (χ2n) is 4.58. The standard InChI is InChI=1S/C10H19NO3/c1-10(2,3)6-4-5-8(12)11-7-9(13)14/h4-7H2,1-3H3,(H,11,12)(H,13,14). The molecule has 0 heterocycles. The second-order valence-corrected chi connectivity index (χ2v) is 4.58. The molecule has 0 fully saturated rings. The molecule has 0 atom stereocenters. The third kappa shape index (κ3) is 9.03. The Labute approximate surface area is 84.7 Å². The zero-order valence-electron chi connectivity index (χ0n) is 9.09. The van der Waals surface area contributed by atoms with Crippen LogP contribution in [0, 0.1) is 5.41 Å². The molecule has 0 saturated carbocycles. The maximum Gasteiger partial charge on any atom is 0.322 e. The van der Waals surface area contributed by atoms with Crippen LogP contribution in [-0.4, -0.2) is 23.5 Å². The van der Waals surface area contributed by atoms with Crippen molar-refractivity contribution in [3.63, 3.8) is 0 Å². The molecule has 0 aliphatic rings. The van der Waals surface area contributed by atoms with Crippen molar-refractivity contribution in [3.8, 4) is 0 Å². The Morgan fingerprint density at radius 3 is 2.29 bits per heavy atom. The summed E-state index contributed by atoms with van der Waals surface area (Å²) in [6.07, 6.45) is 2.17. The van der Waals surface area contributed by atoms with Crippen molar-refractivity contribution in [2.75, 3.05) is 6.54 Å². The molecule has 0 unspecified atom stereocenters. The molecule has 0 bridgehead atoms. The van der Waals surface area contributed by atoms with Gasteiger partial charge in [-0.1, -0.05) is 20.8 Å². The maximum absolute atomic E-state index is 11.1. The fourth-order valence-electron chi connectivity index (χ4n) is 1.04. The highest BCUT2D eigenvalue weighted by Gasteiger charge is 2.11. The van der Waals surface area contributed by atoms with E-state index in [1.54, 1.807) is 0 Å². The summed E-state index contributed by atoms with van der Waals surface area (Å²) < 4.78 is 0. The summed E-state index contributed by atoms with van der Waals surface area (Å²) >= 11 is 0. The van der Waals surface area contributed by atoms with E-state index in [0.29, 0.717) is 6.42 Å². The third-order valence-electron chi connectivity index (χ3n) is 1.77. The summed E-state index contributed by atoms with van der Waals surface area (Å²) in [5.41, 5.74) is 0.229. The Kier molecular flexibility index (Phi) is 5.20. The molecular formula is C10H19NO3. The normalized spacial score (nSPS) is 11.1. The van der Waals surface area contributed by atoms with Gasteiger partial charge < -0.3 is 10.4 Å². The van der Waals surface area contributed by atoms with Crippen LogP contribution in [-0.2, 0) is 9.59 Å². The molecular weight excluding hydrogens is 182 g/mol. The molecule has 0 aromatic heterocycles. The lowest BCUT2D eigenvalue weighted by atomic mass is 9.90. The van der Waals surface area contributed by atoms with E-state index in [2.05, 4.69) is 26.1 Å². The van der Waals surface area contributed by atoms with Crippen LogP contribution < -0.4 is 5.32 Å². The number of carboxylic acids is 1. The summed E-state index contributed by atoms with van der Waals surface area (Å²) in [5, 5.41) is 10.6. The van der Waals surface area contributed by atoms with Crippen LogP contribution in [0.15, 0.2) is 0 Å². The van der Waals surface area contributed by atoms with E-state index in [0.717, 1.165) is 12.8 Å². The van der Waals surface area contributed by atoms with Gasteiger partial charge in [-0.2, -0.15) is 0 Å². The van der Waals surface area contributed by atoms with Crippen LogP contribution in [0.1, 0.15) is 40.0 Å². The van der Waals surface area contributed by atoms with Crippen molar-refractivity contribution >= 4 is 11.9 Å². The van der Waals surface area contributed by atoms with Gasteiger partial charge in [-0.05, 0) is 18.3 Å². The number of carbonyl (C=O) groups is 2. The lowest BCUT2D eigenvalue weighted by Gasteiger charge is -2.17. The Morgan fingerprint density at radius 2 is 1.86 bits per heavy atom. The first-order valence-electron chi connectivity index (χ1n) is 4.80. The van der Waals surface area contributed by atoms with Crippen molar-refractivity contribution in [1.82, 2.24) is 5.32 Å². The maximum atomic E-state index is 11.1. The third-order valence-corrected chi connectivity index (χ3v) is 1.77. The molecule has 0 radical (unpaired) electrons. The number of aliphatic carboxylic acids is 1. The zero-order chi connectivity index (χ0) is 11.2. The quantitative estimate of drug-likeness (QED) is 0.706. The number of nitrogens with one attached hydrogen (secondary N) is 1. The van der Waals surface area contributed by atoms with Gasteiger partial charge in [0, 0.05) is 6.42 Å². The van der Waals surface area contributed by atoms with E-state index >= 15 is 0 Å². The van der Waals surface area contributed by atoms with Gasteiger partial charge >= 0.3 is 5.97 Å². The van der Waals surface area contributed by atoms with E-state index in [9.17, 15) is 9.59 Å². The van der Waals surface area contributed by atoms with Gasteiger partial charge in [0.15, 0.2) is 0 Å². The molecule has 14 heavy (non-hydrogen) atoms. The first kappa shape index (κ1) is 12.9. The smallest absolute Gasteiger partial charge is 0.322 e. The van der Waals surface area contributed by atoms with Gasteiger partial charge in [-0.3, -0.25) is 9.59 Å². The molecule has 0 aromatic carbocycles. The molecule has 2 N–H and O–H groups in total. The van der Waals surface area contributed by atoms with Crippen molar-refractivity contribution in [2.24, 2.45) is 5.41 Å². The van der Waals surface area contributed by atoms with E-state index < -0.39 is 5.97 Å². The summed E-state index contributed by atoms with van der Waals surface area (Å²) in [6, 6.07) is 0. The van der Waals surface area contributed by atoms with E-state index in [1.807, 2.05) is 0 Å². The van der Waals surface area contributed by atoms with Crippen molar-refractivity contribution in [3.05, 3.63) is 0 Å². The molecule has 0 saturated heterocycles. The minimum Gasteiger partial charge on any atom is -0.480 e. The SMILES string of the molecule is CC(C)(C)CCCC(=O)NCC(=O)O. The lowest BCUT2D eigenvalue weighted by molar-refractivity contribution is -0.137. The van der Waals surface area contributed by atoms with Crippen LogP contribution >= 0.6 is 0 Å². The number of carboxylic acid groups (broad SMARTS) is 1. The van der Waals surface area contributed by atoms with E-state index in [-0.39, 0.29) is 17.9 Å². The minimum absolute atomic E-state index is 0.184. The highest BCUT2D eigenvalue weighted by Crippen LogP contribution is 2.21. The number of hydrogen-bond donors (Lipinski definition) is 2. The van der Waals surface area contributed by atoms with Crippen LogP contribution in [0.2, 0.25) is 0 Å². The molecule has 82 valence electrons. The van der Waals surface area contributed by atoms with Crippen molar-refractivity contribution in [2.45, 2.75) is 40.0 Å². The zero-order valence-corrected chi connectivity index (χ0v) is 9.09. The Balaban J connectivity index is 3.50. The largest absolute Gasteiger partial charge is 0.480 e. The summed E-state index contributed by atoms with van der Waals surface area (Å²) in [5.74, 6) is -1.19. The van der Waals surface area contributed by atoms with E-state index in [4.69, 9.17) is 5.11 Å². The predicted molar refractivity (Wildman–Crippen MR) is 54.0 cm³/mol. The van der Waals surface area contributed by atoms with Crippen molar-refractivity contribution < 1.29 is 14.7 Å². The van der Waals surface area contributed by atoms with Gasteiger partial charge in [0.1, 0.15) is 6.54 Å². The second kappa shape index (κ2) is 5.62. The van der Waals surface area contributed by atoms with Gasteiger partial charge in [0.25, 0.3) is 0 Å². The molecule has 1 amide bonds. The highest BCUT2D eigenvalue weighted by molar-refractivity contribution is 5.80. The average Bonchev–Trinajstić information content (AvgIpc) is 1.98. The molecule has 4 nitrogen and oxygen atoms in total. The Morgan fingerprint density at radius 1 is 1.29 bits per heavy atom. The average molecular weight is 201 g/mol. The van der Waals surface area contributed by atoms with Gasteiger partial charge in [0.05, 0.1) is 0 Å². The minimum atomic E-state index is -1.01. The predicted octanol–water partition coefficient (Wildman–Crippen LogP) is 1.40. The first-order valence-corrected chi connectivity index (χ1v) is 4.80. The number of amides is 1. The summed E-state index contributed by atoms with van der Waals surface area (Å²) in [7, 11) is 0. The molecule has 0 aromatic rings. The monoisotopic (exact) mass is 201 g/mol. The molecule has 0 aliphatic carbocycles. The fraction of sp³-hybridized carbons (Fsp3) is 0.800. The molecule has 0 spiro atoms. The van der Waals surface area contributed by atoms with Crippen molar-refractivity contribution in [1.29, 1.82) is 0 Å². The van der Waals surface area contributed by atoms with E-state index in [1.165, 1.54) is 0 Å². The van der Waals surface area contributed by atoms with Crippen LogP contribution in [0.25, 0.3) is 0 Å². The van der Waals surface area contributed by atoms with Crippen LogP contribution in [0.4, 0.5) is 0 Å². The fourth-order valence-corrected chi connectivity index (χ4v) is 1.04. The molecule has 0 aliphatic heterocycles. The number of rotatable bonds is 5. The van der Waals surface area contributed by atoms with Gasteiger partial charge in [-0.15, -0.1) is 0 Å².